The van der Waals surface area contributed by atoms with Gasteiger partial charge in [-0.05, 0) is 19.4 Å². The van der Waals surface area contributed by atoms with Crippen molar-refractivity contribution in [3.8, 4) is 0 Å². The number of hydrogen-bond acceptors (Lipinski definition) is 2. The Balaban J connectivity index is 2.51. The van der Waals surface area contributed by atoms with Crippen molar-refractivity contribution in [1.82, 2.24) is 0 Å². The molecule has 0 saturated carbocycles. The first-order chi connectivity index (χ1) is 6.98. The van der Waals surface area contributed by atoms with Crippen LogP contribution in [0.25, 0.3) is 0 Å². The van der Waals surface area contributed by atoms with E-state index in [9.17, 15) is 4.79 Å². The van der Waals surface area contributed by atoms with Gasteiger partial charge in [0.15, 0.2) is 11.4 Å². The highest BCUT2D eigenvalue weighted by atomic mass is 35.5. The van der Waals surface area contributed by atoms with Gasteiger partial charge in [-0.3, -0.25) is 4.79 Å². The van der Waals surface area contributed by atoms with E-state index in [0.29, 0.717) is 0 Å². The molecule has 1 saturated heterocycles. The van der Waals surface area contributed by atoms with Crippen LogP contribution in [0.15, 0.2) is 30.3 Å². The van der Waals surface area contributed by atoms with Crippen molar-refractivity contribution in [2.45, 2.75) is 24.3 Å². The van der Waals surface area contributed by atoms with Crippen LogP contribution in [-0.4, -0.2) is 17.3 Å². The molecule has 1 fully saturated rings. The van der Waals surface area contributed by atoms with Gasteiger partial charge in [0.05, 0.1) is 4.87 Å². The van der Waals surface area contributed by atoms with E-state index in [4.69, 9.17) is 16.3 Å². The fourth-order valence-electron chi connectivity index (χ4n) is 2.04. The summed E-state index contributed by atoms with van der Waals surface area (Å²) in [7, 11) is 0. The number of carbonyl (C=O) groups is 1. The summed E-state index contributed by atoms with van der Waals surface area (Å²) >= 11 is 6.28. The largest absolute Gasteiger partial charge is 0.353 e. The van der Waals surface area contributed by atoms with Gasteiger partial charge in [0.1, 0.15) is 6.61 Å². The molecule has 2 rings (SSSR count). The van der Waals surface area contributed by atoms with Crippen LogP contribution in [0.3, 0.4) is 0 Å². The fourth-order valence-corrected chi connectivity index (χ4v) is 2.31. The van der Waals surface area contributed by atoms with E-state index in [1.807, 2.05) is 30.3 Å². The lowest BCUT2D eigenvalue weighted by atomic mass is 9.76. The predicted octanol–water partition coefficient (Wildman–Crippen LogP) is 2.50. The number of ether oxygens (including phenoxy) is 1. The highest BCUT2D eigenvalue weighted by molar-refractivity contribution is 6.27. The van der Waals surface area contributed by atoms with Gasteiger partial charge < -0.3 is 4.74 Å². The van der Waals surface area contributed by atoms with Crippen LogP contribution in [0.1, 0.15) is 19.4 Å². The number of rotatable bonds is 2. The SMILES string of the molecule is CC(C)(Cl)C1(c2ccccc2)OCC1=O. The molecule has 1 unspecified atom stereocenters. The third kappa shape index (κ3) is 1.40. The average Bonchev–Trinajstić information content (AvgIpc) is 2.15. The molecule has 1 atom stereocenters. The molecule has 1 aliphatic rings. The number of Topliss-reactive ketones (excluding diaryl/α,β-unsaturated/α-hetero) is 1. The number of carbonyl (C=O) groups excluding carboxylic acids is 1. The number of benzene rings is 1. The zero-order valence-electron chi connectivity index (χ0n) is 8.79. The Labute approximate surface area is 94.2 Å². The molecule has 0 aromatic heterocycles. The molecule has 0 spiro atoms. The Morgan fingerprint density at radius 3 is 2.27 bits per heavy atom. The molecule has 3 heteroatoms. The zero-order chi connectivity index (χ0) is 11.1. The lowest BCUT2D eigenvalue weighted by Gasteiger charge is -2.47. The van der Waals surface area contributed by atoms with Gasteiger partial charge in [-0.15, -0.1) is 11.6 Å². The van der Waals surface area contributed by atoms with Crippen molar-refractivity contribution in [3.63, 3.8) is 0 Å². The number of hydrogen-bond donors (Lipinski definition) is 0. The molecule has 0 aliphatic carbocycles. The van der Waals surface area contributed by atoms with E-state index in [0.717, 1.165) is 5.56 Å². The van der Waals surface area contributed by atoms with Crippen LogP contribution >= 0.6 is 11.6 Å². The summed E-state index contributed by atoms with van der Waals surface area (Å²) in [6.45, 7) is 3.77. The maximum absolute atomic E-state index is 11.8. The molecule has 80 valence electrons. The Morgan fingerprint density at radius 1 is 1.33 bits per heavy atom. The molecule has 0 N–H and O–H groups in total. The van der Waals surface area contributed by atoms with Crippen LogP contribution in [0.2, 0.25) is 0 Å². The average molecular weight is 225 g/mol. The highest BCUT2D eigenvalue weighted by Crippen LogP contribution is 2.46. The number of halogens is 1. The van der Waals surface area contributed by atoms with Gasteiger partial charge in [0.25, 0.3) is 0 Å². The minimum Gasteiger partial charge on any atom is -0.353 e. The quantitative estimate of drug-likeness (QED) is 0.722. The first-order valence-corrected chi connectivity index (χ1v) is 5.28. The summed E-state index contributed by atoms with van der Waals surface area (Å²) in [6, 6.07) is 9.42. The Morgan fingerprint density at radius 2 is 1.93 bits per heavy atom. The smallest absolute Gasteiger partial charge is 0.196 e. The van der Waals surface area contributed by atoms with E-state index in [1.165, 1.54) is 0 Å². The van der Waals surface area contributed by atoms with Crippen molar-refractivity contribution in [3.05, 3.63) is 35.9 Å². The van der Waals surface area contributed by atoms with Gasteiger partial charge in [0.2, 0.25) is 0 Å². The topological polar surface area (TPSA) is 26.3 Å². The summed E-state index contributed by atoms with van der Waals surface area (Å²) in [5.41, 5.74) is -0.128. The highest BCUT2D eigenvalue weighted by Gasteiger charge is 2.58. The second-order valence-electron chi connectivity index (χ2n) is 4.23. The van der Waals surface area contributed by atoms with Gasteiger partial charge >= 0.3 is 0 Å². The van der Waals surface area contributed by atoms with Gasteiger partial charge in [-0.1, -0.05) is 30.3 Å². The van der Waals surface area contributed by atoms with E-state index in [1.54, 1.807) is 13.8 Å². The predicted molar refractivity (Wildman–Crippen MR) is 59.0 cm³/mol. The molecular weight excluding hydrogens is 212 g/mol. The molecule has 0 bridgehead atoms. The standard InChI is InChI=1S/C12H13ClO2/c1-11(2,13)12(10(14)8-15-12)9-6-4-3-5-7-9/h3-7H,8H2,1-2H3. The molecular formula is C12H13ClO2. The molecule has 1 heterocycles. The third-order valence-corrected chi connectivity index (χ3v) is 3.10. The minimum atomic E-state index is -0.962. The molecule has 1 aliphatic heterocycles. The molecule has 0 amide bonds. The van der Waals surface area contributed by atoms with Crippen LogP contribution in [0, 0.1) is 0 Å². The van der Waals surface area contributed by atoms with E-state index in [-0.39, 0.29) is 12.4 Å². The summed E-state index contributed by atoms with van der Waals surface area (Å²) in [4.78, 5) is 11.1. The first kappa shape index (κ1) is 10.7. The van der Waals surface area contributed by atoms with E-state index in [2.05, 4.69) is 0 Å². The van der Waals surface area contributed by atoms with Crippen molar-refractivity contribution in [1.29, 1.82) is 0 Å². The molecule has 1 aromatic rings. The lowest BCUT2D eigenvalue weighted by Crippen LogP contribution is -2.61. The maximum Gasteiger partial charge on any atom is 0.196 e. The van der Waals surface area contributed by atoms with Crippen molar-refractivity contribution < 1.29 is 9.53 Å². The number of alkyl halides is 1. The van der Waals surface area contributed by atoms with Gasteiger partial charge in [-0.2, -0.15) is 0 Å². The molecule has 1 aromatic carbocycles. The second-order valence-corrected chi connectivity index (χ2v) is 5.18. The normalized spacial score (nSPS) is 26.2. The second kappa shape index (κ2) is 3.32. The molecule has 15 heavy (non-hydrogen) atoms. The van der Waals surface area contributed by atoms with Crippen LogP contribution < -0.4 is 0 Å². The first-order valence-electron chi connectivity index (χ1n) is 4.90. The Kier molecular flexibility index (Phi) is 2.36. The van der Waals surface area contributed by atoms with Crippen molar-refractivity contribution in [2.24, 2.45) is 0 Å². The van der Waals surface area contributed by atoms with E-state index < -0.39 is 10.5 Å². The Bertz CT molecular complexity index is 380. The van der Waals surface area contributed by atoms with Crippen LogP contribution in [0.5, 0.6) is 0 Å². The third-order valence-electron chi connectivity index (χ3n) is 2.83. The van der Waals surface area contributed by atoms with Crippen molar-refractivity contribution >= 4 is 17.4 Å². The Hall–Kier alpha value is -0.860. The van der Waals surface area contributed by atoms with Crippen LogP contribution in [-0.2, 0) is 15.1 Å². The van der Waals surface area contributed by atoms with Gasteiger partial charge in [0, 0.05) is 0 Å². The molecule has 0 radical (unpaired) electrons. The summed E-state index contributed by atoms with van der Waals surface area (Å²) in [5, 5.41) is 0. The summed E-state index contributed by atoms with van der Waals surface area (Å²) < 4.78 is 5.50. The van der Waals surface area contributed by atoms with Crippen molar-refractivity contribution in [2.75, 3.05) is 6.61 Å². The minimum absolute atomic E-state index is 0.0497. The zero-order valence-corrected chi connectivity index (χ0v) is 9.54. The molecule has 2 nitrogen and oxygen atoms in total. The summed E-state index contributed by atoms with van der Waals surface area (Å²) in [6.07, 6.45) is 0. The maximum atomic E-state index is 11.8. The monoisotopic (exact) mass is 224 g/mol. The van der Waals surface area contributed by atoms with Crippen LogP contribution in [0.4, 0.5) is 0 Å². The van der Waals surface area contributed by atoms with E-state index >= 15 is 0 Å². The lowest BCUT2D eigenvalue weighted by molar-refractivity contribution is -0.188. The van der Waals surface area contributed by atoms with Gasteiger partial charge in [-0.25, -0.2) is 0 Å². The number of ketones is 1. The fraction of sp³-hybridized carbons (Fsp3) is 0.417. The summed E-state index contributed by atoms with van der Waals surface area (Å²) in [5.74, 6) is 0.0497.